The molecule has 0 aliphatic rings. The Balaban J connectivity index is 4.08. The fourth-order valence-electron chi connectivity index (χ4n) is 0.618. The molecule has 0 atom stereocenters. The van der Waals surface area contributed by atoms with Crippen molar-refractivity contribution in [3.8, 4) is 0 Å². The van der Waals surface area contributed by atoms with Crippen molar-refractivity contribution in [3.63, 3.8) is 0 Å². The summed E-state index contributed by atoms with van der Waals surface area (Å²) < 4.78 is 25.9. The maximum atomic E-state index is 11.6. The van der Waals surface area contributed by atoms with Gasteiger partial charge in [-0.2, -0.15) is 0 Å². The van der Waals surface area contributed by atoms with Gasteiger partial charge in [0.2, 0.25) is 0 Å². The van der Waals surface area contributed by atoms with Gasteiger partial charge < -0.3 is 0 Å². The van der Waals surface area contributed by atoms with Crippen LogP contribution in [0.3, 0.4) is 0 Å². The van der Waals surface area contributed by atoms with Crippen molar-refractivity contribution < 1.29 is 22.9 Å². The summed E-state index contributed by atoms with van der Waals surface area (Å²) in [7, 11) is -3.57. The molecular formula is C7H14ClO5P. The van der Waals surface area contributed by atoms with Gasteiger partial charge in [-0.1, -0.05) is 0 Å². The van der Waals surface area contributed by atoms with E-state index in [1.165, 1.54) is 0 Å². The van der Waals surface area contributed by atoms with Crippen molar-refractivity contribution in [2.75, 3.05) is 25.7 Å². The number of carbonyl (C=O) groups excluding carboxylic acids is 1. The molecule has 14 heavy (non-hydrogen) atoms. The van der Waals surface area contributed by atoms with Crippen molar-refractivity contribution in [3.05, 3.63) is 0 Å². The van der Waals surface area contributed by atoms with E-state index in [2.05, 4.69) is 0 Å². The van der Waals surface area contributed by atoms with Gasteiger partial charge in [-0.3, -0.25) is 18.4 Å². The largest absolute Gasteiger partial charge is 0.475 e. The zero-order chi connectivity index (χ0) is 11.0. The Bertz CT molecular complexity index is 210. The van der Waals surface area contributed by atoms with Gasteiger partial charge in [-0.15, -0.1) is 11.6 Å². The van der Waals surface area contributed by atoms with E-state index in [4.69, 9.17) is 25.2 Å². The van der Waals surface area contributed by atoms with Gasteiger partial charge in [-0.05, 0) is 13.8 Å². The summed E-state index contributed by atoms with van der Waals surface area (Å²) in [6.07, 6.45) is 0. The third kappa shape index (κ3) is 5.73. The zero-order valence-electron chi connectivity index (χ0n) is 8.19. The van der Waals surface area contributed by atoms with E-state index in [1.807, 2.05) is 0 Å². The fraction of sp³-hybridized carbons (Fsp3) is 0.857. The quantitative estimate of drug-likeness (QED) is 0.483. The van der Waals surface area contributed by atoms with Crippen LogP contribution in [0.5, 0.6) is 0 Å². The van der Waals surface area contributed by atoms with Gasteiger partial charge >= 0.3 is 7.82 Å². The molecule has 5 nitrogen and oxygen atoms in total. The van der Waals surface area contributed by atoms with Crippen LogP contribution in [0.1, 0.15) is 13.8 Å². The topological polar surface area (TPSA) is 61.8 Å². The van der Waals surface area contributed by atoms with Crippen molar-refractivity contribution in [1.29, 1.82) is 0 Å². The summed E-state index contributed by atoms with van der Waals surface area (Å²) in [4.78, 5) is 10.8. The van der Waals surface area contributed by atoms with Crippen LogP contribution in [-0.4, -0.2) is 31.5 Å². The molecule has 0 spiro atoms. The first kappa shape index (κ1) is 14.1. The SMILES string of the molecule is CCOP(=O)(OCC)OCC(=O)CCl. The molecule has 0 aromatic carbocycles. The number of phosphoric acid groups is 1. The summed E-state index contributed by atoms with van der Waals surface area (Å²) in [5, 5.41) is 0. The maximum Gasteiger partial charge on any atom is 0.475 e. The monoisotopic (exact) mass is 244 g/mol. The number of ketones is 1. The number of hydrogen-bond acceptors (Lipinski definition) is 5. The molecule has 0 saturated carbocycles. The van der Waals surface area contributed by atoms with Crippen LogP contribution in [-0.2, 0) is 22.9 Å². The highest BCUT2D eigenvalue weighted by Gasteiger charge is 2.26. The number of halogens is 1. The highest BCUT2D eigenvalue weighted by molar-refractivity contribution is 7.48. The van der Waals surface area contributed by atoms with Crippen LogP contribution in [0, 0.1) is 0 Å². The summed E-state index contributed by atoms with van der Waals surface area (Å²) in [6.45, 7) is 3.32. The van der Waals surface area contributed by atoms with Crippen LogP contribution in [0.2, 0.25) is 0 Å². The van der Waals surface area contributed by atoms with Gasteiger partial charge in [0.25, 0.3) is 0 Å². The van der Waals surface area contributed by atoms with E-state index in [-0.39, 0.29) is 31.5 Å². The average molecular weight is 245 g/mol. The number of carbonyl (C=O) groups is 1. The van der Waals surface area contributed by atoms with E-state index >= 15 is 0 Å². The lowest BCUT2D eigenvalue weighted by Gasteiger charge is -2.15. The zero-order valence-corrected chi connectivity index (χ0v) is 9.85. The van der Waals surface area contributed by atoms with Crippen LogP contribution in [0.4, 0.5) is 0 Å². The molecule has 0 aromatic rings. The average Bonchev–Trinajstić information content (AvgIpc) is 2.15. The van der Waals surface area contributed by atoms with Gasteiger partial charge in [0.15, 0.2) is 5.78 Å². The summed E-state index contributed by atoms with van der Waals surface area (Å²) in [5.74, 6) is -0.551. The standard InChI is InChI=1S/C7H14ClO5P/c1-3-11-14(10,12-4-2)13-6-7(9)5-8/h3-6H2,1-2H3. The molecule has 0 heterocycles. The number of rotatable bonds is 8. The van der Waals surface area contributed by atoms with Gasteiger partial charge in [0, 0.05) is 0 Å². The van der Waals surface area contributed by atoms with Crippen molar-refractivity contribution in [1.82, 2.24) is 0 Å². The Kier molecular flexibility index (Phi) is 7.41. The summed E-state index contributed by atoms with van der Waals surface area (Å²) in [5.41, 5.74) is 0. The predicted molar refractivity (Wildman–Crippen MR) is 52.5 cm³/mol. The highest BCUT2D eigenvalue weighted by Crippen LogP contribution is 2.48. The summed E-state index contributed by atoms with van der Waals surface area (Å²) in [6, 6.07) is 0. The lowest BCUT2D eigenvalue weighted by molar-refractivity contribution is -0.119. The molecule has 0 N–H and O–H groups in total. The Morgan fingerprint density at radius 2 is 1.71 bits per heavy atom. The first-order valence-electron chi connectivity index (χ1n) is 4.19. The molecule has 0 bridgehead atoms. The van der Waals surface area contributed by atoms with Crippen LogP contribution in [0.25, 0.3) is 0 Å². The van der Waals surface area contributed by atoms with Gasteiger partial charge in [-0.25, -0.2) is 4.57 Å². The Labute approximate surface area is 88.3 Å². The molecule has 0 fully saturated rings. The molecule has 0 amide bonds. The number of phosphoric ester groups is 1. The number of alkyl halides is 1. The van der Waals surface area contributed by atoms with E-state index in [0.29, 0.717) is 0 Å². The lowest BCUT2D eigenvalue weighted by atomic mass is 10.5. The van der Waals surface area contributed by atoms with Crippen molar-refractivity contribution >= 4 is 25.2 Å². The molecule has 0 radical (unpaired) electrons. The third-order valence-corrected chi connectivity index (χ3v) is 3.00. The second kappa shape index (κ2) is 7.37. The Morgan fingerprint density at radius 3 is 2.07 bits per heavy atom. The lowest BCUT2D eigenvalue weighted by Crippen LogP contribution is -2.10. The molecule has 0 unspecified atom stereocenters. The Morgan fingerprint density at radius 1 is 1.21 bits per heavy atom. The third-order valence-electron chi connectivity index (χ3n) is 1.11. The summed E-state index contributed by atoms with van der Waals surface area (Å²) >= 11 is 5.23. The molecule has 84 valence electrons. The van der Waals surface area contributed by atoms with E-state index in [9.17, 15) is 9.36 Å². The van der Waals surface area contributed by atoms with E-state index < -0.39 is 7.82 Å². The molecule has 0 saturated heterocycles. The molecular weight excluding hydrogens is 230 g/mol. The molecule has 0 aliphatic carbocycles. The van der Waals surface area contributed by atoms with Gasteiger partial charge in [0.05, 0.1) is 19.1 Å². The van der Waals surface area contributed by atoms with E-state index in [0.717, 1.165) is 0 Å². The highest BCUT2D eigenvalue weighted by atomic mass is 35.5. The smallest absolute Gasteiger partial charge is 0.296 e. The second-order valence-electron chi connectivity index (χ2n) is 2.23. The van der Waals surface area contributed by atoms with Gasteiger partial charge in [0.1, 0.15) is 6.61 Å². The van der Waals surface area contributed by atoms with Crippen molar-refractivity contribution in [2.24, 2.45) is 0 Å². The molecule has 0 rings (SSSR count). The normalized spacial score (nSPS) is 11.6. The minimum absolute atomic E-state index is 0.182. The fourth-order valence-corrected chi connectivity index (χ4v) is 1.85. The molecule has 0 aliphatic heterocycles. The minimum Gasteiger partial charge on any atom is -0.296 e. The van der Waals surface area contributed by atoms with E-state index in [1.54, 1.807) is 13.8 Å². The Hall–Kier alpha value is 0.0700. The maximum absolute atomic E-state index is 11.6. The first-order chi connectivity index (χ1) is 6.58. The number of hydrogen-bond donors (Lipinski definition) is 0. The number of Topliss-reactive ketones (excluding diaryl/α,β-unsaturated/α-hetero) is 1. The van der Waals surface area contributed by atoms with Crippen molar-refractivity contribution in [2.45, 2.75) is 13.8 Å². The predicted octanol–water partition coefficient (Wildman–Crippen LogP) is 1.99. The molecule has 0 aromatic heterocycles. The first-order valence-corrected chi connectivity index (χ1v) is 6.18. The van der Waals surface area contributed by atoms with Crippen LogP contribution >= 0.6 is 19.4 Å². The minimum atomic E-state index is -3.57. The van der Waals surface area contributed by atoms with Crippen LogP contribution < -0.4 is 0 Å². The van der Waals surface area contributed by atoms with Crippen LogP contribution in [0.15, 0.2) is 0 Å². The second-order valence-corrected chi connectivity index (χ2v) is 4.16. The molecule has 7 heteroatoms.